The number of morpholine rings is 1. The van der Waals surface area contributed by atoms with Gasteiger partial charge in [0.1, 0.15) is 0 Å². The first-order chi connectivity index (χ1) is 8.29. The Hall–Kier alpha value is -0.831. The molecule has 17 heavy (non-hydrogen) atoms. The van der Waals surface area contributed by atoms with Crippen molar-refractivity contribution >= 4 is 20.1 Å². The zero-order valence-electron chi connectivity index (χ0n) is 10.0. The Balaban J connectivity index is 1.92. The fourth-order valence-corrected chi connectivity index (χ4v) is 2.58. The van der Waals surface area contributed by atoms with Crippen LogP contribution in [-0.4, -0.2) is 58.4 Å². The molecular weight excluding hydrogens is 281 g/mol. The molecule has 0 aliphatic carbocycles. The molecule has 0 unspecified atom stereocenters. The van der Waals surface area contributed by atoms with Gasteiger partial charge in [0.05, 0.1) is 0 Å². The maximum absolute atomic E-state index is 5.34. The van der Waals surface area contributed by atoms with Crippen LogP contribution in [-0.2, 0) is 11.2 Å². The predicted molar refractivity (Wildman–Crippen MR) is 69.9 cm³/mol. The average Bonchev–Trinajstić information content (AvgIpc) is 2.40. The van der Waals surface area contributed by atoms with Gasteiger partial charge in [-0.2, -0.15) is 0 Å². The van der Waals surface area contributed by atoms with Crippen LogP contribution in [0, 0.1) is 0 Å². The molecule has 2 rings (SSSR count). The minimum atomic E-state index is 0.827. The molecular formula is C13H17NO2Se. The van der Waals surface area contributed by atoms with Crippen LogP contribution in [0.25, 0.3) is 0 Å². The second-order valence-electron chi connectivity index (χ2n) is 4.02. The summed E-state index contributed by atoms with van der Waals surface area (Å²) in [4.78, 5) is 2.35. The molecule has 1 aliphatic heterocycles. The Labute approximate surface area is 110 Å². The van der Waals surface area contributed by atoms with Gasteiger partial charge in [-0.15, -0.1) is 0 Å². The molecule has 1 aromatic rings. The first-order valence-corrected chi connectivity index (χ1v) is 6.63. The summed E-state index contributed by atoms with van der Waals surface area (Å²) in [5.74, 6) is 0.904. The number of rotatable bonds is 4. The van der Waals surface area contributed by atoms with E-state index in [1.165, 1.54) is 10.1 Å². The van der Waals surface area contributed by atoms with Crippen molar-refractivity contribution in [3.05, 3.63) is 29.8 Å². The van der Waals surface area contributed by atoms with Crippen molar-refractivity contribution in [2.75, 3.05) is 33.4 Å². The van der Waals surface area contributed by atoms with Gasteiger partial charge >= 0.3 is 110 Å². The third-order valence-corrected chi connectivity index (χ3v) is 3.72. The molecule has 0 radical (unpaired) electrons. The van der Waals surface area contributed by atoms with E-state index < -0.39 is 0 Å². The Bertz CT molecular complexity index is 372. The number of hydrogen-bond acceptors (Lipinski definition) is 3. The number of hydrogen-bond donors (Lipinski definition) is 0. The molecule has 1 saturated heterocycles. The molecule has 1 fully saturated rings. The van der Waals surface area contributed by atoms with E-state index in [1.807, 2.05) is 12.1 Å². The average molecular weight is 298 g/mol. The van der Waals surface area contributed by atoms with Crippen molar-refractivity contribution in [1.29, 1.82) is 0 Å². The van der Waals surface area contributed by atoms with Crippen LogP contribution < -0.4 is 4.74 Å². The molecule has 1 aromatic carbocycles. The standard InChI is InChI=1S/C13H17NO2Se/c1-15-12-4-2-11(3-5-12)10-13(17)14-6-8-16-9-7-14/h2-5H,6-10H2,1H3. The Kier molecular flexibility index (Phi) is 4.60. The molecule has 0 N–H and O–H groups in total. The van der Waals surface area contributed by atoms with E-state index in [0.29, 0.717) is 0 Å². The van der Waals surface area contributed by atoms with Crippen molar-refractivity contribution in [3.63, 3.8) is 0 Å². The van der Waals surface area contributed by atoms with Gasteiger partial charge in [-0.05, 0) is 0 Å². The van der Waals surface area contributed by atoms with E-state index in [9.17, 15) is 0 Å². The number of nitrogens with zero attached hydrogens (tertiary/aromatic N) is 1. The fourth-order valence-electron chi connectivity index (χ4n) is 1.84. The Morgan fingerprint density at radius 3 is 2.53 bits per heavy atom. The molecule has 0 saturated carbocycles. The third kappa shape index (κ3) is 3.56. The topological polar surface area (TPSA) is 21.7 Å². The van der Waals surface area contributed by atoms with Crippen LogP contribution in [0.2, 0.25) is 0 Å². The molecule has 1 aliphatic rings. The summed E-state index contributed by atoms with van der Waals surface area (Å²) in [5.41, 5.74) is 1.30. The normalized spacial score (nSPS) is 15.7. The van der Waals surface area contributed by atoms with Gasteiger partial charge in [-0.3, -0.25) is 0 Å². The molecule has 3 nitrogen and oxygen atoms in total. The monoisotopic (exact) mass is 299 g/mol. The van der Waals surface area contributed by atoms with Crippen LogP contribution >= 0.6 is 0 Å². The first-order valence-electron chi connectivity index (χ1n) is 5.78. The van der Waals surface area contributed by atoms with Gasteiger partial charge in [0, 0.05) is 0 Å². The zero-order valence-corrected chi connectivity index (χ0v) is 11.7. The SMILES string of the molecule is COc1ccc(CC(=[Se])N2CCOCC2)cc1. The van der Waals surface area contributed by atoms with Crippen molar-refractivity contribution in [2.45, 2.75) is 6.42 Å². The van der Waals surface area contributed by atoms with E-state index in [-0.39, 0.29) is 0 Å². The van der Waals surface area contributed by atoms with Gasteiger partial charge in [-0.25, -0.2) is 0 Å². The first kappa shape index (κ1) is 12.6. The van der Waals surface area contributed by atoms with Crippen molar-refractivity contribution in [3.8, 4) is 5.75 Å². The molecule has 92 valence electrons. The minimum absolute atomic E-state index is 0.827. The molecule has 0 bridgehead atoms. The summed E-state index contributed by atoms with van der Waals surface area (Å²) >= 11 is 3.18. The molecule has 1 heterocycles. The van der Waals surface area contributed by atoms with Crippen molar-refractivity contribution in [1.82, 2.24) is 4.90 Å². The van der Waals surface area contributed by atoms with Crippen LogP contribution in [0.3, 0.4) is 0 Å². The van der Waals surface area contributed by atoms with Gasteiger partial charge in [-0.1, -0.05) is 0 Å². The van der Waals surface area contributed by atoms with Gasteiger partial charge in [0.25, 0.3) is 0 Å². The van der Waals surface area contributed by atoms with E-state index >= 15 is 0 Å². The molecule has 4 heteroatoms. The van der Waals surface area contributed by atoms with E-state index in [0.717, 1.165) is 38.5 Å². The van der Waals surface area contributed by atoms with Gasteiger partial charge in [0.15, 0.2) is 0 Å². The van der Waals surface area contributed by atoms with Crippen LogP contribution in [0.5, 0.6) is 5.75 Å². The van der Waals surface area contributed by atoms with E-state index in [1.54, 1.807) is 7.11 Å². The maximum atomic E-state index is 5.34. The summed E-state index contributed by atoms with van der Waals surface area (Å²) in [6.07, 6.45) is 0.948. The number of methoxy groups -OCH3 is 1. The van der Waals surface area contributed by atoms with Crippen LogP contribution in [0.4, 0.5) is 0 Å². The Morgan fingerprint density at radius 2 is 1.94 bits per heavy atom. The summed E-state index contributed by atoms with van der Waals surface area (Å²) in [6.45, 7) is 3.62. The summed E-state index contributed by atoms with van der Waals surface area (Å²) in [6, 6.07) is 8.22. The zero-order chi connectivity index (χ0) is 12.1. The number of benzene rings is 1. The molecule has 0 atom stereocenters. The molecule has 0 amide bonds. The van der Waals surface area contributed by atoms with Crippen LogP contribution in [0.15, 0.2) is 24.3 Å². The van der Waals surface area contributed by atoms with E-state index in [2.05, 4.69) is 32.6 Å². The fraction of sp³-hybridized carbons (Fsp3) is 0.462. The Morgan fingerprint density at radius 1 is 1.29 bits per heavy atom. The predicted octanol–water partition coefficient (Wildman–Crippen LogP) is 0.868. The summed E-state index contributed by atoms with van der Waals surface area (Å²) in [5, 5.41) is 0. The second kappa shape index (κ2) is 6.20. The third-order valence-electron chi connectivity index (χ3n) is 2.88. The second-order valence-corrected chi connectivity index (χ2v) is 5.01. The van der Waals surface area contributed by atoms with Crippen molar-refractivity contribution < 1.29 is 9.47 Å². The molecule has 0 spiro atoms. The van der Waals surface area contributed by atoms with Crippen molar-refractivity contribution in [2.24, 2.45) is 0 Å². The van der Waals surface area contributed by atoms with Crippen LogP contribution in [0.1, 0.15) is 5.56 Å². The summed E-state index contributed by atoms with van der Waals surface area (Å²) < 4.78 is 11.8. The van der Waals surface area contributed by atoms with E-state index in [4.69, 9.17) is 9.47 Å². The molecule has 0 aromatic heterocycles. The van der Waals surface area contributed by atoms with Gasteiger partial charge < -0.3 is 0 Å². The van der Waals surface area contributed by atoms with Gasteiger partial charge in [0.2, 0.25) is 0 Å². The number of ether oxygens (including phenoxy) is 2. The summed E-state index contributed by atoms with van der Waals surface area (Å²) in [7, 11) is 1.69. The quantitative estimate of drug-likeness (QED) is 0.770.